The monoisotopic (exact) mass is 678 g/mol. The Labute approximate surface area is 307 Å². The van der Waals surface area contributed by atoms with Crippen LogP contribution in [0.15, 0.2) is 72.8 Å². The second kappa shape index (κ2) is 18.3. The van der Waals surface area contributed by atoms with Crippen LogP contribution in [0.25, 0.3) is 21.5 Å². The van der Waals surface area contributed by atoms with E-state index in [0.717, 1.165) is 43.8 Å². The fourth-order valence-corrected chi connectivity index (χ4v) is 5.53. The van der Waals surface area contributed by atoms with E-state index in [0.29, 0.717) is 34.1 Å². The van der Waals surface area contributed by atoms with Gasteiger partial charge in [0.1, 0.15) is 49.4 Å². The molecule has 254 valence electrons. The van der Waals surface area contributed by atoms with E-state index in [2.05, 4.69) is 83.2 Å². The Morgan fingerprint density at radius 1 is 0.404 bits per heavy atom. The Hall–Kier alpha value is -6.82. The lowest BCUT2D eigenvalue weighted by Crippen LogP contribution is -2.07. The number of hydrogen-bond donors (Lipinski definition) is 0. The van der Waals surface area contributed by atoms with Gasteiger partial charge in [-0.25, -0.2) is 0 Å². The summed E-state index contributed by atoms with van der Waals surface area (Å²) in [4.78, 5) is 0. The minimum absolute atomic E-state index is 0.179. The summed E-state index contributed by atoms with van der Waals surface area (Å²) in [6.45, 7) is 12.0. The molecule has 5 rings (SSSR count). The summed E-state index contributed by atoms with van der Waals surface area (Å²) in [6, 6.07) is 24.1. The molecule has 0 heterocycles. The third kappa shape index (κ3) is 8.48. The van der Waals surface area contributed by atoms with Gasteiger partial charge in [0.15, 0.2) is 0 Å². The molecule has 52 heavy (non-hydrogen) atoms. The normalized spacial score (nSPS) is 9.50. The fraction of sp³-hybridized carbons (Fsp3) is 0.208. The topological polar surface area (TPSA) is 36.9 Å². The summed E-state index contributed by atoms with van der Waals surface area (Å²) in [5, 5.41) is 3.98. The number of fused-ring (bicyclic) bond motifs is 2. The zero-order chi connectivity index (χ0) is 36.7. The summed E-state index contributed by atoms with van der Waals surface area (Å²) < 4.78 is 25.0. The maximum Gasteiger partial charge on any atom is 0.149 e. The highest BCUT2D eigenvalue weighted by molar-refractivity contribution is 5.92. The molecule has 5 aromatic carbocycles. The number of benzene rings is 5. The van der Waals surface area contributed by atoms with Gasteiger partial charge in [-0.15, -0.1) is 23.7 Å². The van der Waals surface area contributed by atoms with Crippen LogP contribution in [0, 0.1) is 84.9 Å². The molecule has 0 amide bonds. The maximum atomic E-state index is 6.39. The van der Waals surface area contributed by atoms with Crippen LogP contribution in [-0.2, 0) is 0 Å². The van der Waals surface area contributed by atoms with E-state index in [4.69, 9.17) is 18.9 Å². The zero-order valence-corrected chi connectivity index (χ0v) is 30.4. The van der Waals surface area contributed by atoms with Crippen LogP contribution < -0.4 is 18.9 Å². The third-order valence-corrected chi connectivity index (χ3v) is 8.24. The molecule has 5 aromatic rings. The summed E-state index contributed by atoms with van der Waals surface area (Å²) in [6.07, 6.45) is 0. The van der Waals surface area contributed by atoms with Crippen molar-refractivity contribution in [2.75, 3.05) is 26.4 Å². The van der Waals surface area contributed by atoms with E-state index in [1.165, 1.54) is 0 Å². The summed E-state index contributed by atoms with van der Waals surface area (Å²) in [7, 11) is 0. The third-order valence-electron chi connectivity index (χ3n) is 8.24. The van der Waals surface area contributed by atoms with Crippen molar-refractivity contribution in [3.8, 4) is 94.0 Å². The summed E-state index contributed by atoms with van der Waals surface area (Å²) >= 11 is 0. The molecule has 0 N–H and O–H groups in total. The van der Waals surface area contributed by atoms with Crippen molar-refractivity contribution < 1.29 is 18.9 Å². The van der Waals surface area contributed by atoms with Crippen LogP contribution in [0.4, 0.5) is 0 Å². The predicted octanol–water partition coefficient (Wildman–Crippen LogP) is 9.02. The van der Waals surface area contributed by atoms with E-state index in [1.807, 2.05) is 74.5 Å². The van der Waals surface area contributed by atoms with Crippen molar-refractivity contribution in [2.24, 2.45) is 0 Å². The van der Waals surface area contributed by atoms with Gasteiger partial charge >= 0.3 is 0 Å². The van der Waals surface area contributed by atoms with Crippen molar-refractivity contribution in [1.82, 2.24) is 0 Å². The van der Waals surface area contributed by atoms with Crippen LogP contribution in [0.1, 0.15) is 61.1 Å². The van der Waals surface area contributed by atoms with Crippen molar-refractivity contribution >= 4 is 21.5 Å². The minimum atomic E-state index is 0.179. The Morgan fingerprint density at radius 3 is 1.13 bits per heavy atom. The van der Waals surface area contributed by atoms with E-state index >= 15 is 0 Å². The number of ether oxygens (including phenoxy) is 4. The quantitative estimate of drug-likeness (QED) is 0.154. The van der Waals surface area contributed by atoms with Gasteiger partial charge in [0, 0.05) is 10.8 Å². The van der Waals surface area contributed by atoms with E-state index < -0.39 is 0 Å². The van der Waals surface area contributed by atoms with Gasteiger partial charge in [0.25, 0.3) is 0 Å². The number of hydrogen-bond acceptors (Lipinski definition) is 4. The largest absolute Gasteiger partial charge is 0.480 e. The van der Waals surface area contributed by atoms with Crippen LogP contribution in [0.2, 0.25) is 0 Å². The van der Waals surface area contributed by atoms with E-state index in [1.54, 1.807) is 27.7 Å². The van der Waals surface area contributed by atoms with Crippen LogP contribution in [-0.4, -0.2) is 26.4 Å². The molecule has 4 nitrogen and oxygen atoms in total. The van der Waals surface area contributed by atoms with E-state index in [-0.39, 0.29) is 26.4 Å². The highest BCUT2D eigenvalue weighted by Crippen LogP contribution is 2.39. The molecule has 0 bridgehead atoms. The average molecular weight is 679 g/mol. The minimum Gasteiger partial charge on any atom is -0.480 e. The Balaban J connectivity index is 1.84. The number of rotatable bonds is 8. The van der Waals surface area contributed by atoms with Crippen LogP contribution >= 0.6 is 0 Å². The first-order chi connectivity index (χ1) is 25.5. The lowest BCUT2D eigenvalue weighted by molar-refractivity contribution is 0.353. The molecule has 4 heteroatoms. The van der Waals surface area contributed by atoms with E-state index in [9.17, 15) is 0 Å². The summed E-state index contributed by atoms with van der Waals surface area (Å²) in [5.74, 6) is 39.9. The first-order valence-electron chi connectivity index (χ1n) is 16.9. The average Bonchev–Trinajstić information content (AvgIpc) is 3.17. The predicted molar refractivity (Wildman–Crippen MR) is 212 cm³/mol. The standard InChI is InChI=1S/C48H38O4/c1-7-11-31-49-45-29-23-37-19-15-17-21-39(37)41(45)25-27-43-44(48(52-34-14-10-4)36(6)35(5)47(43)51-33-13-9-3)28-26-42-40-22-18-16-20-38(40)24-30-46(42)50-32-12-8-2/h15-24,29-30H,31-34H2,1-6H3. The van der Waals surface area contributed by atoms with Gasteiger partial charge in [-0.3, -0.25) is 0 Å². The molecular weight excluding hydrogens is 641 g/mol. The summed E-state index contributed by atoms with van der Waals surface area (Å²) in [5.41, 5.74) is 4.33. The first-order valence-corrected chi connectivity index (χ1v) is 16.9. The van der Waals surface area contributed by atoms with Gasteiger partial charge in [0.2, 0.25) is 0 Å². The highest BCUT2D eigenvalue weighted by atomic mass is 16.5. The Bertz CT molecular complexity index is 2340. The molecule has 0 spiro atoms. The highest BCUT2D eigenvalue weighted by Gasteiger charge is 2.21. The lowest BCUT2D eigenvalue weighted by Gasteiger charge is -2.19. The van der Waals surface area contributed by atoms with Gasteiger partial charge in [0.05, 0.1) is 22.3 Å². The van der Waals surface area contributed by atoms with Crippen molar-refractivity contribution in [3.05, 3.63) is 106 Å². The smallest absolute Gasteiger partial charge is 0.149 e. The zero-order valence-electron chi connectivity index (χ0n) is 30.4. The van der Waals surface area contributed by atoms with Gasteiger partial charge in [-0.2, -0.15) is 0 Å². The molecule has 0 aromatic heterocycles. The Kier molecular flexibility index (Phi) is 12.8. The first kappa shape index (κ1) is 36.5. The van der Waals surface area contributed by atoms with Gasteiger partial charge < -0.3 is 18.9 Å². The fourth-order valence-electron chi connectivity index (χ4n) is 5.53. The molecule has 0 unspecified atom stereocenters. The second-order valence-electron chi connectivity index (χ2n) is 11.3. The van der Waals surface area contributed by atoms with Gasteiger partial charge in [-0.05, 0) is 75.6 Å². The molecule has 0 fully saturated rings. The maximum absolute atomic E-state index is 6.39. The van der Waals surface area contributed by atoms with Crippen LogP contribution in [0.5, 0.6) is 23.0 Å². The molecular formula is C48H38O4. The molecule has 0 aliphatic heterocycles. The molecule has 0 aliphatic rings. The molecule has 0 atom stereocenters. The molecule has 0 aliphatic carbocycles. The Morgan fingerprint density at radius 2 is 0.750 bits per heavy atom. The van der Waals surface area contributed by atoms with Gasteiger partial charge in [-0.1, -0.05) is 108 Å². The SMILES string of the molecule is CC#CCOc1ccc2ccccc2c1C#Cc1c(C#Cc2c(OCC#CC)ccc3ccccc23)c(OCC#CC)c(C)c(C)c1OCC#CC. The van der Waals surface area contributed by atoms with Crippen LogP contribution in [0.3, 0.4) is 0 Å². The molecule has 0 radical (unpaired) electrons. The van der Waals surface area contributed by atoms with Crippen molar-refractivity contribution in [1.29, 1.82) is 0 Å². The molecule has 0 saturated carbocycles. The van der Waals surface area contributed by atoms with Crippen molar-refractivity contribution in [2.45, 2.75) is 41.5 Å². The lowest BCUT2D eigenvalue weighted by atomic mass is 9.95. The second-order valence-corrected chi connectivity index (χ2v) is 11.3. The van der Waals surface area contributed by atoms with Crippen molar-refractivity contribution in [3.63, 3.8) is 0 Å². The molecule has 0 saturated heterocycles.